The number of carbonyl (C=O) groups is 1. The molecule has 0 saturated carbocycles. The first-order valence-corrected chi connectivity index (χ1v) is 8.39. The molecule has 1 amide bonds. The number of nitrogens with zero attached hydrogens (tertiary/aromatic N) is 3. The molecule has 6 nitrogen and oxygen atoms in total. The number of rotatable bonds is 3. The Morgan fingerprint density at radius 3 is 2.83 bits per heavy atom. The standard InChI is InChI=1S/C17H15N5OS/c1-11-14(16(23)21-12-6-3-2-4-7-12)15(13-8-5-9-24-13)22-17(20-11)18-10-19-22/h2-10,15H,1H3,(H,21,23)(H,18,19,20)/t15-/m0/s1. The Bertz CT molecular complexity index is 898. The fraction of sp³-hybridized carbons (Fsp3) is 0.118. The summed E-state index contributed by atoms with van der Waals surface area (Å²) in [7, 11) is 0. The molecule has 0 unspecified atom stereocenters. The van der Waals surface area contributed by atoms with Crippen molar-refractivity contribution in [2.75, 3.05) is 10.6 Å². The number of carbonyl (C=O) groups excluding carboxylic acids is 1. The lowest BCUT2D eigenvalue weighted by Gasteiger charge is -2.27. The van der Waals surface area contributed by atoms with Crippen molar-refractivity contribution in [3.05, 3.63) is 70.3 Å². The lowest BCUT2D eigenvalue weighted by molar-refractivity contribution is -0.113. The van der Waals surface area contributed by atoms with Crippen LogP contribution in [-0.4, -0.2) is 20.7 Å². The fourth-order valence-corrected chi connectivity index (χ4v) is 3.63. The van der Waals surface area contributed by atoms with Crippen LogP contribution in [0.2, 0.25) is 0 Å². The van der Waals surface area contributed by atoms with Gasteiger partial charge < -0.3 is 10.6 Å². The highest BCUT2D eigenvalue weighted by molar-refractivity contribution is 7.10. The van der Waals surface area contributed by atoms with E-state index >= 15 is 0 Å². The summed E-state index contributed by atoms with van der Waals surface area (Å²) >= 11 is 1.60. The summed E-state index contributed by atoms with van der Waals surface area (Å²) in [6, 6.07) is 13.1. The number of nitrogens with one attached hydrogen (secondary N) is 2. The van der Waals surface area contributed by atoms with Gasteiger partial charge in [0.15, 0.2) is 0 Å². The first kappa shape index (κ1) is 14.6. The van der Waals surface area contributed by atoms with Crippen molar-refractivity contribution in [1.29, 1.82) is 0 Å². The van der Waals surface area contributed by atoms with Crippen LogP contribution in [0.25, 0.3) is 0 Å². The molecule has 24 heavy (non-hydrogen) atoms. The Morgan fingerprint density at radius 2 is 2.08 bits per heavy atom. The van der Waals surface area contributed by atoms with Crippen LogP contribution in [-0.2, 0) is 4.79 Å². The molecule has 3 aromatic rings. The van der Waals surface area contributed by atoms with Gasteiger partial charge in [0.2, 0.25) is 5.95 Å². The largest absolute Gasteiger partial charge is 0.328 e. The number of para-hydroxylation sites is 1. The Kier molecular flexibility index (Phi) is 3.62. The number of benzene rings is 1. The van der Waals surface area contributed by atoms with E-state index in [1.807, 2.05) is 54.8 Å². The van der Waals surface area contributed by atoms with Gasteiger partial charge in [0.25, 0.3) is 5.91 Å². The number of allylic oxidation sites excluding steroid dienone is 1. The normalized spacial score (nSPS) is 16.5. The number of amides is 1. The van der Waals surface area contributed by atoms with Gasteiger partial charge >= 0.3 is 0 Å². The third-order valence-electron chi connectivity index (χ3n) is 3.88. The molecular weight excluding hydrogens is 322 g/mol. The number of hydrogen-bond acceptors (Lipinski definition) is 5. The molecule has 1 atom stereocenters. The minimum absolute atomic E-state index is 0.147. The summed E-state index contributed by atoms with van der Waals surface area (Å²) in [4.78, 5) is 18.2. The minimum Gasteiger partial charge on any atom is -0.328 e. The first-order chi connectivity index (χ1) is 11.7. The highest BCUT2D eigenvalue weighted by Crippen LogP contribution is 2.36. The van der Waals surface area contributed by atoms with E-state index in [0.717, 1.165) is 16.3 Å². The Morgan fingerprint density at radius 1 is 1.25 bits per heavy atom. The lowest BCUT2D eigenvalue weighted by atomic mass is 10.0. The molecule has 0 spiro atoms. The Balaban J connectivity index is 1.75. The second kappa shape index (κ2) is 5.93. The van der Waals surface area contributed by atoms with E-state index in [9.17, 15) is 4.79 Å². The van der Waals surface area contributed by atoms with Gasteiger partial charge in [-0.25, -0.2) is 4.68 Å². The average molecular weight is 337 g/mol. The Hall–Kier alpha value is -2.93. The molecule has 4 rings (SSSR count). The zero-order chi connectivity index (χ0) is 16.5. The summed E-state index contributed by atoms with van der Waals surface area (Å²) in [6.45, 7) is 1.89. The number of thiophene rings is 1. The van der Waals surface area contributed by atoms with E-state index in [2.05, 4.69) is 20.7 Å². The SMILES string of the molecule is CC1=C(C(=O)Nc2ccccc2)[C@H](c2cccs2)n2ncnc2N1. The molecule has 0 bridgehead atoms. The molecular formula is C17H15N5OS. The van der Waals surface area contributed by atoms with E-state index < -0.39 is 0 Å². The fourth-order valence-electron chi connectivity index (χ4n) is 2.81. The molecule has 1 aliphatic rings. The van der Waals surface area contributed by atoms with Crippen molar-refractivity contribution in [1.82, 2.24) is 14.8 Å². The third-order valence-corrected chi connectivity index (χ3v) is 4.81. The molecule has 7 heteroatoms. The maximum Gasteiger partial charge on any atom is 0.255 e. The van der Waals surface area contributed by atoms with Crippen LogP contribution in [0.1, 0.15) is 17.8 Å². The number of fused-ring (bicyclic) bond motifs is 1. The first-order valence-electron chi connectivity index (χ1n) is 7.51. The van der Waals surface area contributed by atoms with Gasteiger partial charge in [0, 0.05) is 16.3 Å². The molecule has 120 valence electrons. The second-order valence-corrected chi connectivity index (χ2v) is 6.41. The van der Waals surface area contributed by atoms with E-state index in [1.54, 1.807) is 16.0 Å². The summed E-state index contributed by atoms with van der Waals surface area (Å²) in [5.41, 5.74) is 2.18. The van der Waals surface area contributed by atoms with Gasteiger partial charge in [0.05, 0.1) is 5.57 Å². The molecule has 0 fully saturated rings. The molecule has 1 aliphatic heterocycles. The zero-order valence-corrected chi connectivity index (χ0v) is 13.7. The molecule has 0 aliphatic carbocycles. The number of anilines is 2. The molecule has 2 N–H and O–H groups in total. The highest BCUT2D eigenvalue weighted by Gasteiger charge is 2.33. The van der Waals surface area contributed by atoms with Crippen molar-refractivity contribution in [3.63, 3.8) is 0 Å². The summed E-state index contributed by atoms with van der Waals surface area (Å²) in [6.07, 6.45) is 1.49. The Labute approximate surface area is 142 Å². The second-order valence-electron chi connectivity index (χ2n) is 5.43. The maximum absolute atomic E-state index is 12.9. The number of hydrogen-bond donors (Lipinski definition) is 2. The molecule has 0 radical (unpaired) electrons. The molecule has 3 heterocycles. The van der Waals surface area contributed by atoms with E-state index in [4.69, 9.17) is 0 Å². The predicted octanol–water partition coefficient (Wildman–Crippen LogP) is 3.27. The third kappa shape index (κ3) is 2.48. The van der Waals surface area contributed by atoms with Crippen molar-refractivity contribution in [2.24, 2.45) is 0 Å². The van der Waals surface area contributed by atoms with Crippen LogP contribution in [0.15, 0.2) is 65.4 Å². The van der Waals surface area contributed by atoms with E-state index in [1.165, 1.54) is 6.33 Å². The average Bonchev–Trinajstić information content (AvgIpc) is 3.25. The van der Waals surface area contributed by atoms with Gasteiger partial charge in [-0.3, -0.25) is 4.79 Å². The lowest BCUT2D eigenvalue weighted by Crippen LogP contribution is -2.31. The van der Waals surface area contributed by atoms with Gasteiger partial charge in [-0.2, -0.15) is 10.1 Å². The van der Waals surface area contributed by atoms with E-state index in [0.29, 0.717) is 11.5 Å². The van der Waals surface area contributed by atoms with Crippen LogP contribution < -0.4 is 10.6 Å². The van der Waals surface area contributed by atoms with Gasteiger partial charge in [0.1, 0.15) is 12.4 Å². The number of aromatic nitrogens is 3. The van der Waals surface area contributed by atoms with E-state index in [-0.39, 0.29) is 11.9 Å². The van der Waals surface area contributed by atoms with Crippen molar-refractivity contribution in [3.8, 4) is 0 Å². The van der Waals surface area contributed by atoms with Crippen LogP contribution in [0.4, 0.5) is 11.6 Å². The quantitative estimate of drug-likeness (QED) is 0.769. The van der Waals surface area contributed by atoms with Crippen LogP contribution in [0.3, 0.4) is 0 Å². The summed E-state index contributed by atoms with van der Waals surface area (Å²) in [5.74, 6) is 0.493. The summed E-state index contributed by atoms with van der Waals surface area (Å²) in [5, 5.41) is 12.4. The van der Waals surface area contributed by atoms with Gasteiger partial charge in [-0.1, -0.05) is 24.3 Å². The predicted molar refractivity (Wildman–Crippen MR) is 93.9 cm³/mol. The smallest absolute Gasteiger partial charge is 0.255 e. The van der Waals surface area contributed by atoms with Crippen LogP contribution in [0, 0.1) is 0 Å². The minimum atomic E-state index is -0.285. The maximum atomic E-state index is 12.9. The summed E-state index contributed by atoms with van der Waals surface area (Å²) < 4.78 is 1.75. The topological polar surface area (TPSA) is 71.8 Å². The molecule has 1 aromatic carbocycles. The van der Waals surface area contributed by atoms with Gasteiger partial charge in [-0.05, 0) is 30.5 Å². The highest BCUT2D eigenvalue weighted by atomic mass is 32.1. The van der Waals surface area contributed by atoms with Crippen molar-refractivity contribution < 1.29 is 4.79 Å². The van der Waals surface area contributed by atoms with Gasteiger partial charge in [-0.15, -0.1) is 11.3 Å². The zero-order valence-electron chi connectivity index (χ0n) is 12.9. The monoisotopic (exact) mass is 337 g/mol. The van der Waals surface area contributed by atoms with Crippen molar-refractivity contribution in [2.45, 2.75) is 13.0 Å². The van der Waals surface area contributed by atoms with Crippen LogP contribution in [0.5, 0.6) is 0 Å². The van der Waals surface area contributed by atoms with Crippen LogP contribution >= 0.6 is 11.3 Å². The van der Waals surface area contributed by atoms with Crippen molar-refractivity contribution >= 4 is 28.9 Å². The molecule has 2 aromatic heterocycles. The molecule has 0 saturated heterocycles.